The van der Waals surface area contributed by atoms with Crippen molar-refractivity contribution in [2.75, 3.05) is 0 Å². The van der Waals surface area contributed by atoms with Gasteiger partial charge in [-0.2, -0.15) is 39.5 Å². The summed E-state index contributed by atoms with van der Waals surface area (Å²) in [7, 11) is 0. The normalized spacial score (nSPS) is 22.9. The molecule has 0 radical (unpaired) electrons. The van der Waals surface area contributed by atoms with Gasteiger partial charge in [-0.15, -0.1) is 0 Å². The molecule has 3 atom stereocenters. The number of halogens is 9. The molecule has 25 heavy (non-hydrogen) atoms. The Morgan fingerprint density at radius 3 is 1.72 bits per heavy atom. The summed E-state index contributed by atoms with van der Waals surface area (Å²) in [4.78, 5) is 12.0. The zero-order chi connectivity index (χ0) is 19.5. The van der Waals surface area contributed by atoms with Gasteiger partial charge in [-0.3, -0.25) is 4.79 Å². The second-order valence-electron chi connectivity index (χ2n) is 5.27. The molecule has 0 heterocycles. The molecule has 1 aromatic rings. The van der Waals surface area contributed by atoms with Crippen LogP contribution in [0.1, 0.15) is 33.2 Å². The standard InChI is InChI=1S/C13H7F9O3/c14-11(15,16)3-1-2-4(12(17,18)19)6-5(3)8(23)7(9(6)24)10(25)13(20,21)22/h1-2,7-8,10,23,25H. The molecular formula is C13H7F9O3. The number of aliphatic hydroxyl groups excluding tert-OH is 2. The topological polar surface area (TPSA) is 57.5 Å². The number of carbonyl (C=O) groups excluding carboxylic acids is 1. The van der Waals surface area contributed by atoms with Gasteiger partial charge in [-0.05, 0) is 12.1 Å². The van der Waals surface area contributed by atoms with E-state index in [1.165, 1.54) is 0 Å². The highest BCUT2D eigenvalue weighted by molar-refractivity contribution is 6.05. The Labute approximate surface area is 132 Å². The van der Waals surface area contributed by atoms with E-state index in [2.05, 4.69) is 0 Å². The molecule has 0 fully saturated rings. The third-order valence-corrected chi connectivity index (χ3v) is 3.72. The minimum atomic E-state index is -5.54. The van der Waals surface area contributed by atoms with Crippen LogP contribution in [0.15, 0.2) is 12.1 Å². The van der Waals surface area contributed by atoms with Crippen molar-refractivity contribution in [1.29, 1.82) is 0 Å². The van der Waals surface area contributed by atoms with Crippen molar-refractivity contribution in [2.24, 2.45) is 5.92 Å². The third kappa shape index (κ3) is 3.19. The Balaban J connectivity index is 2.77. The van der Waals surface area contributed by atoms with E-state index < -0.39 is 64.7 Å². The lowest BCUT2D eigenvalue weighted by Gasteiger charge is -2.23. The number of Topliss-reactive ketones (excluding diaryl/α,β-unsaturated/α-hetero) is 1. The van der Waals surface area contributed by atoms with Gasteiger partial charge in [0.2, 0.25) is 0 Å². The number of aliphatic hydroxyl groups is 2. The van der Waals surface area contributed by atoms with Gasteiger partial charge in [0.05, 0.1) is 23.1 Å². The minimum absolute atomic E-state index is 0.0828. The summed E-state index contributed by atoms with van der Waals surface area (Å²) in [5.74, 6) is -5.00. The summed E-state index contributed by atoms with van der Waals surface area (Å²) in [6, 6.07) is -0.185. The van der Waals surface area contributed by atoms with Crippen molar-refractivity contribution >= 4 is 5.78 Å². The van der Waals surface area contributed by atoms with Crippen LogP contribution in [0.5, 0.6) is 0 Å². The molecule has 12 heteroatoms. The summed E-state index contributed by atoms with van der Waals surface area (Å²) in [5, 5.41) is 18.8. The number of ketones is 1. The minimum Gasteiger partial charge on any atom is -0.387 e. The first-order valence-corrected chi connectivity index (χ1v) is 6.36. The van der Waals surface area contributed by atoms with Gasteiger partial charge >= 0.3 is 18.5 Å². The highest BCUT2D eigenvalue weighted by Gasteiger charge is 2.57. The van der Waals surface area contributed by atoms with Crippen LogP contribution in [0.2, 0.25) is 0 Å². The van der Waals surface area contributed by atoms with Gasteiger partial charge in [-0.1, -0.05) is 0 Å². The van der Waals surface area contributed by atoms with Crippen molar-refractivity contribution in [3.05, 3.63) is 34.4 Å². The lowest BCUT2D eigenvalue weighted by Crippen LogP contribution is -2.40. The van der Waals surface area contributed by atoms with Crippen LogP contribution < -0.4 is 0 Å². The van der Waals surface area contributed by atoms with Crippen LogP contribution in [-0.4, -0.2) is 28.3 Å². The molecule has 0 amide bonds. The zero-order valence-electron chi connectivity index (χ0n) is 11.6. The predicted molar refractivity (Wildman–Crippen MR) is 61.3 cm³/mol. The Morgan fingerprint density at radius 2 is 1.32 bits per heavy atom. The third-order valence-electron chi connectivity index (χ3n) is 3.72. The molecule has 3 unspecified atom stereocenters. The molecular weight excluding hydrogens is 375 g/mol. The van der Waals surface area contributed by atoms with E-state index in [1.807, 2.05) is 0 Å². The molecule has 1 aliphatic rings. The van der Waals surface area contributed by atoms with Crippen LogP contribution in [-0.2, 0) is 12.4 Å². The fourth-order valence-corrected chi connectivity index (χ4v) is 2.68. The van der Waals surface area contributed by atoms with Crippen LogP contribution in [0, 0.1) is 5.92 Å². The molecule has 0 aromatic heterocycles. The summed E-state index contributed by atoms with van der Waals surface area (Å²) in [6.07, 6.45) is -22.8. The molecule has 2 N–H and O–H groups in total. The second-order valence-corrected chi connectivity index (χ2v) is 5.27. The second kappa shape index (κ2) is 5.59. The van der Waals surface area contributed by atoms with E-state index in [1.54, 1.807) is 0 Å². The van der Waals surface area contributed by atoms with E-state index in [9.17, 15) is 49.4 Å². The first kappa shape index (κ1) is 19.5. The zero-order valence-corrected chi connectivity index (χ0v) is 11.6. The van der Waals surface area contributed by atoms with Crippen LogP contribution in [0.25, 0.3) is 0 Å². The maximum Gasteiger partial charge on any atom is 0.417 e. The largest absolute Gasteiger partial charge is 0.417 e. The molecule has 0 spiro atoms. The summed E-state index contributed by atoms with van der Waals surface area (Å²) in [6.45, 7) is 0. The highest BCUT2D eigenvalue weighted by Crippen LogP contribution is 2.50. The SMILES string of the molecule is O=C1c2c(C(F)(F)F)ccc(C(F)(F)F)c2C(O)C1C(O)C(F)(F)F. The van der Waals surface area contributed by atoms with Gasteiger partial charge in [0.1, 0.15) is 0 Å². The van der Waals surface area contributed by atoms with Crippen LogP contribution in [0.4, 0.5) is 39.5 Å². The number of benzene rings is 1. The van der Waals surface area contributed by atoms with Gasteiger partial charge < -0.3 is 10.2 Å². The molecule has 3 nitrogen and oxygen atoms in total. The Hall–Kier alpha value is -1.82. The average molecular weight is 382 g/mol. The number of carbonyl (C=O) groups is 1. The molecule has 1 aliphatic carbocycles. The van der Waals surface area contributed by atoms with E-state index in [-0.39, 0.29) is 12.1 Å². The fraction of sp³-hybridized carbons (Fsp3) is 0.462. The molecule has 1 aromatic carbocycles. The quantitative estimate of drug-likeness (QED) is 0.732. The van der Waals surface area contributed by atoms with E-state index in [0.717, 1.165) is 0 Å². The number of fused-ring (bicyclic) bond motifs is 1. The first-order valence-electron chi connectivity index (χ1n) is 6.36. The molecule has 0 saturated heterocycles. The highest BCUT2D eigenvalue weighted by atomic mass is 19.4. The Bertz CT molecular complexity index is 702. The van der Waals surface area contributed by atoms with Crippen LogP contribution >= 0.6 is 0 Å². The monoisotopic (exact) mass is 382 g/mol. The van der Waals surface area contributed by atoms with Crippen molar-refractivity contribution in [2.45, 2.75) is 30.7 Å². The van der Waals surface area contributed by atoms with Crippen molar-refractivity contribution in [1.82, 2.24) is 0 Å². The summed E-state index contributed by atoms with van der Waals surface area (Å²) < 4.78 is 115. The molecule has 2 rings (SSSR count). The van der Waals surface area contributed by atoms with Crippen molar-refractivity contribution in [3.8, 4) is 0 Å². The fourth-order valence-electron chi connectivity index (χ4n) is 2.68. The van der Waals surface area contributed by atoms with Crippen molar-refractivity contribution < 1.29 is 54.5 Å². The molecule has 0 bridgehead atoms. The van der Waals surface area contributed by atoms with E-state index >= 15 is 0 Å². The van der Waals surface area contributed by atoms with E-state index in [4.69, 9.17) is 5.11 Å². The van der Waals surface area contributed by atoms with Gasteiger partial charge in [0.25, 0.3) is 0 Å². The first-order chi connectivity index (χ1) is 11.1. The molecule has 140 valence electrons. The molecule has 0 aliphatic heterocycles. The number of hydrogen-bond acceptors (Lipinski definition) is 3. The summed E-state index contributed by atoms with van der Waals surface area (Å²) >= 11 is 0. The molecule has 0 saturated carbocycles. The number of hydrogen-bond donors (Lipinski definition) is 2. The summed E-state index contributed by atoms with van der Waals surface area (Å²) in [5.41, 5.74) is -7.15. The smallest absolute Gasteiger partial charge is 0.387 e. The predicted octanol–water partition coefficient (Wildman–Crippen LogP) is 3.49. The maximum absolute atomic E-state index is 12.9. The average Bonchev–Trinajstić information content (AvgIpc) is 2.66. The van der Waals surface area contributed by atoms with Gasteiger partial charge in [0, 0.05) is 11.1 Å². The van der Waals surface area contributed by atoms with Gasteiger partial charge in [-0.25, -0.2) is 0 Å². The maximum atomic E-state index is 12.9. The van der Waals surface area contributed by atoms with E-state index in [0.29, 0.717) is 0 Å². The van der Waals surface area contributed by atoms with Crippen molar-refractivity contribution in [3.63, 3.8) is 0 Å². The number of rotatable bonds is 1. The van der Waals surface area contributed by atoms with Gasteiger partial charge in [0.15, 0.2) is 11.9 Å². The number of alkyl halides is 9. The Morgan fingerprint density at radius 1 is 0.880 bits per heavy atom. The lowest BCUT2D eigenvalue weighted by molar-refractivity contribution is -0.221. The lowest BCUT2D eigenvalue weighted by atomic mass is 9.94. The van der Waals surface area contributed by atoms with Crippen LogP contribution in [0.3, 0.4) is 0 Å². The Kier molecular flexibility index (Phi) is 4.36.